The Kier molecular flexibility index (Phi) is 3.35. The summed E-state index contributed by atoms with van der Waals surface area (Å²) in [6.45, 7) is 1.15. The van der Waals surface area contributed by atoms with E-state index >= 15 is 0 Å². The van der Waals surface area contributed by atoms with Crippen LogP contribution in [0.15, 0.2) is 10.9 Å². The van der Waals surface area contributed by atoms with Crippen molar-refractivity contribution in [2.45, 2.75) is 31.5 Å². The molecule has 1 aliphatic heterocycles. The minimum atomic E-state index is -1.32. The number of aromatic nitrogens is 2. The van der Waals surface area contributed by atoms with Crippen LogP contribution in [0.25, 0.3) is 0 Å². The topological polar surface area (TPSA) is 131 Å². The fraction of sp³-hybridized carbons (Fsp3) is 0.600. The van der Waals surface area contributed by atoms with Crippen molar-refractivity contribution >= 4 is 5.82 Å². The van der Waals surface area contributed by atoms with Crippen LogP contribution >= 0.6 is 0 Å². The molecule has 1 aromatic heterocycles. The minimum absolute atomic E-state index is 0.0699. The summed E-state index contributed by atoms with van der Waals surface area (Å²) in [4.78, 5) is 15.3. The predicted octanol–water partition coefficient (Wildman–Crippen LogP) is -2.25. The zero-order valence-electron chi connectivity index (χ0n) is 9.72. The molecule has 4 atom stereocenters. The van der Waals surface area contributed by atoms with E-state index in [9.17, 15) is 15.0 Å². The molecule has 8 heteroatoms. The molecule has 100 valence electrons. The van der Waals surface area contributed by atoms with Gasteiger partial charge in [0.05, 0.1) is 6.61 Å². The van der Waals surface area contributed by atoms with Crippen molar-refractivity contribution in [2.24, 2.45) is 0 Å². The summed E-state index contributed by atoms with van der Waals surface area (Å²) in [7, 11) is 0. The van der Waals surface area contributed by atoms with Crippen LogP contribution in [-0.2, 0) is 4.74 Å². The van der Waals surface area contributed by atoms with Crippen molar-refractivity contribution in [3.05, 3.63) is 22.2 Å². The van der Waals surface area contributed by atoms with Gasteiger partial charge in [0.15, 0.2) is 6.23 Å². The molecule has 0 amide bonds. The Bertz CT molecular complexity index is 503. The van der Waals surface area contributed by atoms with Gasteiger partial charge < -0.3 is 25.8 Å². The second kappa shape index (κ2) is 4.65. The van der Waals surface area contributed by atoms with E-state index in [4.69, 9.17) is 15.6 Å². The van der Waals surface area contributed by atoms with E-state index in [1.54, 1.807) is 6.92 Å². The molecule has 2 heterocycles. The highest BCUT2D eigenvalue weighted by Gasteiger charge is 2.44. The number of nitrogen functional groups attached to an aromatic ring is 1. The molecule has 0 aromatic carbocycles. The average molecular weight is 257 g/mol. The maximum Gasteiger partial charge on any atom is 0.351 e. The van der Waals surface area contributed by atoms with Crippen molar-refractivity contribution in [2.75, 3.05) is 12.3 Å². The van der Waals surface area contributed by atoms with Gasteiger partial charge in [0.2, 0.25) is 0 Å². The second-order valence-electron chi connectivity index (χ2n) is 4.20. The van der Waals surface area contributed by atoms with Crippen LogP contribution in [0.1, 0.15) is 11.9 Å². The first-order valence-corrected chi connectivity index (χ1v) is 5.44. The van der Waals surface area contributed by atoms with Gasteiger partial charge in [-0.3, -0.25) is 4.57 Å². The number of nitrogens with two attached hydrogens (primary N) is 1. The third-order valence-corrected chi connectivity index (χ3v) is 2.94. The second-order valence-corrected chi connectivity index (χ2v) is 4.20. The van der Waals surface area contributed by atoms with Gasteiger partial charge >= 0.3 is 5.69 Å². The zero-order valence-corrected chi connectivity index (χ0v) is 9.72. The molecule has 0 radical (unpaired) electrons. The Balaban J connectivity index is 2.42. The SMILES string of the molecule is Cc1cc(N)nc(=O)n1[C@@H]1O[C@@H](CO)[C@@H](O)[C@H]1O. The third-order valence-electron chi connectivity index (χ3n) is 2.94. The Morgan fingerprint density at radius 3 is 2.67 bits per heavy atom. The number of anilines is 1. The van der Waals surface area contributed by atoms with Gasteiger partial charge in [-0.2, -0.15) is 4.98 Å². The van der Waals surface area contributed by atoms with Gasteiger partial charge in [0, 0.05) is 5.69 Å². The van der Waals surface area contributed by atoms with Crippen molar-refractivity contribution in [1.29, 1.82) is 0 Å². The summed E-state index contributed by atoms with van der Waals surface area (Å²) < 4.78 is 6.35. The molecule has 0 aliphatic carbocycles. The van der Waals surface area contributed by atoms with Crippen molar-refractivity contribution in [3.8, 4) is 0 Å². The highest BCUT2D eigenvalue weighted by atomic mass is 16.6. The maximum atomic E-state index is 11.7. The summed E-state index contributed by atoms with van der Waals surface area (Å²) in [5, 5.41) is 28.4. The normalized spacial score (nSPS) is 31.8. The van der Waals surface area contributed by atoms with Gasteiger partial charge in [-0.15, -0.1) is 0 Å². The molecule has 1 aliphatic rings. The molecular weight excluding hydrogens is 242 g/mol. The molecule has 0 spiro atoms. The van der Waals surface area contributed by atoms with Crippen molar-refractivity contribution in [3.63, 3.8) is 0 Å². The largest absolute Gasteiger partial charge is 0.394 e. The highest BCUT2D eigenvalue weighted by molar-refractivity contribution is 5.28. The monoisotopic (exact) mass is 257 g/mol. The molecule has 1 aromatic rings. The van der Waals surface area contributed by atoms with Crippen LogP contribution in [0, 0.1) is 6.92 Å². The van der Waals surface area contributed by atoms with Gasteiger partial charge in [-0.1, -0.05) is 0 Å². The van der Waals surface area contributed by atoms with Crippen LogP contribution in [0.3, 0.4) is 0 Å². The Morgan fingerprint density at radius 1 is 1.50 bits per heavy atom. The Labute approximate surface area is 102 Å². The van der Waals surface area contributed by atoms with E-state index in [0.29, 0.717) is 5.69 Å². The van der Waals surface area contributed by atoms with Crippen molar-refractivity contribution in [1.82, 2.24) is 9.55 Å². The summed E-state index contributed by atoms with van der Waals surface area (Å²) >= 11 is 0. The van der Waals surface area contributed by atoms with Gasteiger partial charge in [-0.25, -0.2) is 4.79 Å². The highest BCUT2D eigenvalue weighted by Crippen LogP contribution is 2.28. The number of nitrogens with zero attached hydrogens (tertiary/aromatic N) is 2. The summed E-state index contributed by atoms with van der Waals surface area (Å²) in [6.07, 6.45) is -4.60. The number of hydrogen-bond acceptors (Lipinski definition) is 7. The Hall–Kier alpha value is -1.48. The number of hydrogen-bond donors (Lipinski definition) is 4. The lowest BCUT2D eigenvalue weighted by atomic mass is 10.1. The van der Waals surface area contributed by atoms with Crippen LogP contribution in [0.4, 0.5) is 5.82 Å². The van der Waals surface area contributed by atoms with E-state index in [-0.39, 0.29) is 5.82 Å². The molecular formula is C10H15N3O5. The molecule has 5 N–H and O–H groups in total. The molecule has 2 rings (SSSR count). The molecule has 0 saturated carbocycles. The number of aryl methyl sites for hydroxylation is 1. The Morgan fingerprint density at radius 2 is 2.17 bits per heavy atom. The summed E-state index contributed by atoms with van der Waals surface area (Å²) in [5.74, 6) is 0.0699. The molecule has 0 unspecified atom stereocenters. The first kappa shape index (κ1) is 13.0. The number of ether oxygens (including phenoxy) is 1. The van der Waals surface area contributed by atoms with E-state index in [0.717, 1.165) is 4.57 Å². The number of rotatable bonds is 2. The molecule has 1 fully saturated rings. The lowest BCUT2D eigenvalue weighted by molar-refractivity contribution is -0.0558. The summed E-state index contributed by atoms with van der Waals surface area (Å²) in [6, 6.07) is 1.45. The first-order chi connectivity index (χ1) is 8.45. The molecule has 1 saturated heterocycles. The quantitative estimate of drug-likeness (QED) is 0.470. The van der Waals surface area contributed by atoms with Gasteiger partial charge in [-0.05, 0) is 13.0 Å². The van der Waals surface area contributed by atoms with Crippen LogP contribution in [0.2, 0.25) is 0 Å². The van der Waals surface area contributed by atoms with Gasteiger partial charge in [0.1, 0.15) is 24.1 Å². The van der Waals surface area contributed by atoms with Crippen molar-refractivity contribution < 1.29 is 20.1 Å². The van der Waals surface area contributed by atoms with Crippen LogP contribution in [0.5, 0.6) is 0 Å². The number of aliphatic hydroxyl groups is 3. The lowest BCUT2D eigenvalue weighted by Gasteiger charge is -2.19. The number of aliphatic hydroxyl groups excluding tert-OH is 3. The fourth-order valence-electron chi connectivity index (χ4n) is 2.03. The predicted molar refractivity (Wildman–Crippen MR) is 60.7 cm³/mol. The average Bonchev–Trinajstić information content (AvgIpc) is 2.56. The van der Waals surface area contributed by atoms with E-state index in [1.165, 1.54) is 6.07 Å². The maximum absolute atomic E-state index is 11.7. The van der Waals surface area contributed by atoms with Gasteiger partial charge in [0.25, 0.3) is 0 Å². The standard InChI is InChI=1S/C10H15N3O5/c1-4-2-6(11)12-10(17)13(4)9-8(16)7(15)5(3-14)18-9/h2,5,7-9,14-16H,3H2,1H3,(H2,11,12,17)/t5-,7+,8+,9+/m0/s1. The van der Waals surface area contributed by atoms with Crippen LogP contribution < -0.4 is 11.4 Å². The van der Waals surface area contributed by atoms with Crippen LogP contribution in [-0.4, -0.2) is 49.8 Å². The van der Waals surface area contributed by atoms with E-state index in [1.807, 2.05) is 0 Å². The molecule has 8 nitrogen and oxygen atoms in total. The smallest absolute Gasteiger partial charge is 0.351 e. The molecule has 0 bridgehead atoms. The third kappa shape index (κ3) is 1.99. The first-order valence-electron chi connectivity index (χ1n) is 5.44. The summed E-state index contributed by atoms with van der Waals surface area (Å²) in [5.41, 5.74) is 5.19. The van der Waals surface area contributed by atoms with E-state index < -0.39 is 36.8 Å². The lowest BCUT2D eigenvalue weighted by Crippen LogP contribution is -2.37. The van der Waals surface area contributed by atoms with E-state index in [2.05, 4.69) is 4.98 Å². The zero-order chi connectivity index (χ0) is 13.4. The molecule has 18 heavy (non-hydrogen) atoms. The fourth-order valence-corrected chi connectivity index (χ4v) is 2.03. The minimum Gasteiger partial charge on any atom is -0.394 e.